The normalized spacial score (nSPS) is 10.6. The maximum Gasteiger partial charge on any atom is 0.240 e. The van der Waals surface area contributed by atoms with Crippen molar-refractivity contribution >= 4 is 103 Å². The van der Waals surface area contributed by atoms with Crippen LogP contribution in [0.3, 0.4) is 0 Å². The van der Waals surface area contributed by atoms with E-state index in [0.717, 1.165) is 104 Å². The standard InChI is InChI=1S/C70H12Cl2F2N14O7S7/c71-41-6-46(101-47(41)18-86)55-60(74)49(20-88)102-69(55)52-29(9-77)24-97-70(52)68-35(4-32(12-80)100-68)39-25-96-48(19-87)53(39)36-5-33(13-81)99-66(36)40-26-98-67(37(40)14-82)56-58(72)44(16-84)94-62(56)57-59(73)45(17-85)95-65(57)61-34(3-31(11-79)93-61)38-23-89-43(15-83)54(38)51-28(8-76)22-91-64(51)63-50(27(7-75)21-90-63)42-2-1-30(10-78)92-42/h1-6,21-26H. The van der Waals surface area contributed by atoms with Crippen LogP contribution in [0.25, 0.3) is 142 Å². The van der Waals surface area contributed by atoms with E-state index in [1.165, 1.54) is 35.0 Å². The molecule has 0 radical (unpaired) electrons. The van der Waals surface area contributed by atoms with Crippen molar-refractivity contribution in [3.63, 3.8) is 0 Å². The minimum atomic E-state index is -1.44. The van der Waals surface area contributed by atoms with Crippen molar-refractivity contribution in [2.75, 3.05) is 0 Å². The summed E-state index contributed by atoms with van der Waals surface area (Å²) >= 11 is 20.0. The second kappa shape index (κ2) is 25.9. The van der Waals surface area contributed by atoms with Gasteiger partial charge in [0.05, 0.1) is 63.5 Å². The van der Waals surface area contributed by atoms with Crippen molar-refractivity contribution in [1.29, 1.82) is 73.7 Å². The van der Waals surface area contributed by atoms with Gasteiger partial charge in [0.2, 0.25) is 28.8 Å². The average molecular weight is 1490 g/mol. The minimum Gasteiger partial charge on any atom is -0.459 e. The Balaban J connectivity index is 0.927. The number of thiophene rings is 7. The van der Waals surface area contributed by atoms with Crippen LogP contribution in [-0.2, 0) is 0 Å². The Kier molecular flexibility index (Phi) is 16.6. The molecule has 0 atom stereocenters. The second-order valence-electron chi connectivity index (χ2n) is 20.5. The lowest BCUT2D eigenvalue weighted by molar-refractivity contribution is 0.498. The van der Waals surface area contributed by atoms with Crippen LogP contribution in [0.4, 0.5) is 8.78 Å². The third-order valence-corrected chi connectivity index (χ3v) is 23.5. The maximum absolute atomic E-state index is 17.6. The van der Waals surface area contributed by atoms with Crippen LogP contribution in [-0.4, -0.2) is 0 Å². The van der Waals surface area contributed by atoms with Crippen molar-refractivity contribution in [2.24, 2.45) is 0 Å². The van der Waals surface area contributed by atoms with Crippen LogP contribution in [0.2, 0.25) is 10.0 Å². The molecule has 14 rings (SSSR count). The van der Waals surface area contributed by atoms with Crippen LogP contribution in [0.5, 0.6) is 0 Å². The Hall–Kier alpha value is -13.8. The molecule has 0 fully saturated rings. The van der Waals surface area contributed by atoms with Gasteiger partial charge in [-0.3, -0.25) is 0 Å². The van der Waals surface area contributed by atoms with Crippen molar-refractivity contribution in [3.8, 4) is 227 Å². The molecule has 0 aliphatic heterocycles. The summed E-state index contributed by atoms with van der Waals surface area (Å²) in [7, 11) is 0. The topological polar surface area (TPSA) is 425 Å². The third-order valence-electron chi connectivity index (χ3n) is 15.4. The highest BCUT2D eigenvalue weighted by atomic mass is 35.5. The van der Waals surface area contributed by atoms with Gasteiger partial charge in [-0.2, -0.15) is 73.7 Å². The molecule has 0 N–H and O–H groups in total. The molecule has 102 heavy (non-hydrogen) atoms. The second-order valence-corrected chi connectivity index (χ2v) is 28.1. The number of hydrogen-bond donors (Lipinski definition) is 0. The van der Waals surface area contributed by atoms with Gasteiger partial charge < -0.3 is 30.9 Å². The fourth-order valence-electron chi connectivity index (χ4n) is 11.3. The van der Waals surface area contributed by atoms with Crippen LogP contribution in [0.15, 0.2) is 102 Å². The van der Waals surface area contributed by atoms with E-state index in [2.05, 4.69) is 30.3 Å². The van der Waals surface area contributed by atoms with E-state index in [0.29, 0.717) is 20.9 Å². The molecule has 0 unspecified atom stereocenters. The van der Waals surface area contributed by atoms with Crippen molar-refractivity contribution in [2.45, 2.75) is 0 Å². The van der Waals surface area contributed by atoms with E-state index >= 15 is 8.78 Å². The van der Waals surface area contributed by atoms with Gasteiger partial charge in [-0.1, -0.05) is 23.2 Å². The zero-order valence-corrected chi connectivity index (χ0v) is 56.6. The van der Waals surface area contributed by atoms with Gasteiger partial charge in [-0.25, -0.2) is 8.78 Å². The van der Waals surface area contributed by atoms with Gasteiger partial charge in [-0.05, 0) is 30.3 Å². The predicted molar refractivity (Wildman–Crippen MR) is 364 cm³/mol. The lowest BCUT2D eigenvalue weighted by Crippen LogP contribution is -1.90. The highest BCUT2D eigenvalue weighted by Gasteiger charge is 2.40. The molecule has 474 valence electrons. The number of hydrogen-bond acceptors (Lipinski definition) is 28. The average Bonchev–Trinajstić information content (AvgIpc) is 1.58. The van der Waals surface area contributed by atoms with Crippen LogP contribution >= 0.6 is 103 Å². The molecule has 14 heterocycles. The number of halogens is 4. The van der Waals surface area contributed by atoms with Gasteiger partial charge in [0.1, 0.15) is 150 Å². The first-order valence-electron chi connectivity index (χ1n) is 27.7. The monoisotopic (exact) mass is 1490 g/mol. The third kappa shape index (κ3) is 10.1. The Morgan fingerprint density at radius 3 is 1.63 bits per heavy atom. The SMILES string of the molecule is N#Cc1ccc(-c2c(C#N)coc2-c2occ(C#N)c2-c2c(-c3cc(C#N)oc3-c3oc(C#N)c(F)c3-c3oc(C#N)c(Cl)c3-c3scc(-c4sc(C#N)cc4-c4c(-c5cc(C#N)sc5-c5scc(C#N)c5-c5sc(C#N)c(F)c5-c5cc(Cl)c(C#N)s5)csc4C#N)c3C#N)coc2C#N)o1. The summed E-state index contributed by atoms with van der Waals surface area (Å²) in [5, 5.41) is 151. The summed E-state index contributed by atoms with van der Waals surface area (Å²) in [5.41, 5.74) is -1.16. The largest absolute Gasteiger partial charge is 0.459 e. The summed E-state index contributed by atoms with van der Waals surface area (Å²) in [5.74, 6) is -7.62. The van der Waals surface area contributed by atoms with Gasteiger partial charge in [0, 0.05) is 82.0 Å². The Morgan fingerprint density at radius 2 is 0.990 bits per heavy atom. The van der Waals surface area contributed by atoms with E-state index < -0.39 is 62.5 Å². The molecule has 0 aromatic carbocycles. The Bertz CT molecular complexity index is 6710. The molecule has 0 aliphatic carbocycles. The number of furan rings is 7. The molecule has 0 saturated heterocycles. The summed E-state index contributed by atoms with van der Waals surface area (Å²) in [4.78, 5) is 1.22. The number of rotatable bonds is 13. The van der Waals surface area contributed by atoms with E-state index in [4.69, 9.17) is 54.1 Å². The number of nitriles is 14. The van der Waals surface area contributed by atoms with E-state index in [-0.39, 0.29) is 155 Å². The Morgan fingerprint density at radius 1 is 0.343 bits per heavy atom. The lowest BCUT2D eigenvalue weighted by atomic mass is 9.92. The summed E-state index contributed by atoms with van der Waals surface area (Å²) in [6.45, 7) is 0. The molecule has 14 aromatic rings. The molecule has 14 aromatic heterocycles. The van der Waals surface area contributed by atoms with Crippen LogP contribution < -0.4 is 0 Å². The summed E-state index contributed by atoms with van der Waals surface area (Å²) in [6.07, 6.45) is 3.08. The number of nitrogens with zero attached hydrogens (tertiary/aromatic N) is 14. The molecule has 0 saturated carbocycles. The molecule has 32 heteroatoms. The molecule has 0 amide bonds. The molecule has 21 nitrogen and oxygen atoms in total. The van der Waals surface area contributed by atoms with Crippen molar-refractivity contribution in [1.82, 2.24) is 0 Å². The zero-order chi connectivity index (χ0) is 71.7. The molecular formula is C70H12Cl2F2N14O7S7. The molecule has 0 aliphatic rings. The first kappa shape index (κ1) is 65.4. The highest BCUT2D eigenvalue weighted by molar-refractivity contribution is 7.24. The quantitative estimate of drug-likeness (QED) is 0.103. The molecule has 0 bridgehead atoms. The smallest absolute Gasteiger partial charge is 0.240 e. The minimum absolute atomic E-state index is 0.0304. The molecule has 0 spiro atoms. The van der Waals surface area contributed by atoms with Crippen molar-refractivity contribution in [3.05, 3.63) is 168 Å². The Labute approximate surface area is 606 Å². The predicted octanol–water partition coefficient (Wildman–Crippen LogP) is 20.7. The fourth-order valence-corrected chi connectivity index (χ4v) is 19.2. The first-order chi connectivity index (χ1) is 49.6. The molecular weight excluding hydrogens is 1480 g/mol. The van der Waals surface area contributed by atoms with Crippen LogP contribution in [0.1, 0.15) is 75.4 Å². The maximum atomic E-state index is 17.6. The first-order valence-corrected chi connectivity index (χ1v) is 34.4. The fraction of sp³-hybridized carbons (Fsp3) is 0. The summed E-state index contributed by atoms with van der Waals surface area (Å²) < 4.78 is 75.5. The van der Waals surface area contributed by atoms with E-state index in [1.807, 2.05) is 48.6 Å². The van der Waals surface area contributed by atoms with Crippen LogP contribution in [0, 0.1) is 170 Å². The van der Waals surface area contributed by atoms with Gasteiger partial charge in [0.15, 0.2) is 40.4 Å². The van der Waals surface area contributed by atoms with Gasteiger partial charge in [-0.15, -0.1) is 79.4 Å². The van der Waals surface area contributed by atoms with Gasteiger partial charge >= 0.3 is 0 Å². The van der Waals surface area contributed by atoms with E-state index in [9.17, 15) is 73.7 Å². The zero-order valence-electron chi connectivity index (χ0n) is 49.4. The van der Waals surface area contributed by atoms with E-state index in [1.54, 1.807) is 17.5 Å². The van der Waals surface area contributed by atoms with Gasteiger partial charge in [0.25, 0.3) is 0 Å². The summed E-state index contributed by atoms with van der Waals surface area (Å²) in [6, 6.07) is 36.0. The highest BCUT2D eigenvalue weighted by Crippen LogP contribution is 2.59. The lowest BCUT2D eigenvalue weighted by Gasteiger charge is -2.10. The van der Waals surface area contributed by atoms with Crippen molar-refractivity contribution < 1.29 is 39.7 Å².